The van der Waals surface area contributed by atoms with Gasteiger partial charge in [-0.2, -0.15) is 5.26 Å². The highest BCUT2D eigenvalue weighted by molar-refractivity contribution is 7.99. The highest BCUT2D eigenvalue weighted by Crippen LogP contribution is 2.25. The van der Waals surface area contributed by atoms with Gasteiger partial charge < -0.3 is 0 Å². The van der Waals surface area contributed by atoms with Crippen molar-refractivity contribution in [1.29, 1.82) is 5.26 Å². The van der Waals surface area contributed by atoms with Gasteiger partial charge in [-0.05, 0) is 38.4 Å². The van der Waals surface area contributed by atoms with Crippen LogP contribution in [0.3, 0.4) is 0 Å². The molecule has 0 amide bonds. The normalized spacial score (nSPS) is 18.0. The third-order valence-electron chi connectivity index (χ3n) is 2.96. The Kier molecular flexibility index (Phi) is 4.56. The second kappa shape index (κ2) is 6.17. The minimum Gasteiger partial charge on any atom is -0.297 e. The van der Waals surface area contributed by atoms with Crippen LogP contribution in [0.5, 0.6) is 0 Å². The van der Waals surface area contributed by atoms with Crippen LogP contribution < -0.4 is 5.32 Å². The molecule has 18 heavy (non-hydrogen) atoms. The molecule has 96 valence electrons. The van der Waals surface area contributed by atoms with Gasteiger partial charge in [0.2, 0.25) is 0 Å². The maximum absolute atomic E-state index is 9.24. The Labute approximate surface area is 112 Å². The van der Waals surface area contributed by atoms with Crippen molar-refractivity contribution in [2.45, 2.75) is 49.2 Å². The fourth-order valence-electron chi connectivity index (χ4n) is 1.80. The molecule has 1 N–H and O–H groups in total. The average molecular weight is 262 g/mol. The summed E-state index contributed by atoms with van der Waals surface area (Å²) in [6.45, 7) is 2.00. The van der Waals surface area contributed by atoms with Gasteiger partial charge in [-0.1, -0.05) is 0 Å². The van der Waals surface area contributed by atoms with Crippen LogP contribution in [0.15, 0.2) is 23.6 Å². The lowest BCUT2D eigenvalue weighted by Gasteiger charge is -2.22. The van der Waals surface area contributed by atoms with E-state index < -0.39 is 0 Å². The van der Waals surface area contributed by atoms with Crippen LogP contribution in [0.1, 0.15) is 32.6 Å². The molecule has 1 heterocycles. The first-order chi connectivity index (χ1) is 8.72. The molecule has 2 rings (SSSR count). The van der Waals surface area contributed by atoms with Gasteiger partial charge in [0.1, 0.15) is 10.6 Å². The molecule has 0 radical (unpaired) electrons. The molecule has 5 heteroatoms. The molecule has 1 fully saturated rings. The van der Waals surface area contributed by atoms with E-state index in [0.717, 1.165) is 23.6 Å². The highest BCUT2D eigenvalue weighted by atomic mass is 32.2. The van der Waals surface area contributed by atoms with Crippen molar-refractivity contribution < 1.29 is 0 Å². The van der Waals surface area contributed by atoms with Gasteiger partial charge in [0.15, 0.2) is 0 Å². The summed E-state index contributed by atoms with van der Waals surface area (Å²) in [5.41, 5.74) is -0.371. The van der Waals surface area contributed by atoms with Crippen molar-refractivity contribution in [2.75, 3.05) is 5.75 Å². The molecule has 0 aliphatic heterocycles. The molecule has 1 aromatic heterocycles. The lowest BCUT2D eigenvalue weighted by atomic mass is 9.98. The van der Waals surface area contributed by atoms with Crippen molar-refractivity contribution in [2.24, 2.45) is 0 Å². The van der Waals surface area contributed by atoms with E-state index >= 15 is 0 Å². The molecule has 4 nitrogen and oxygen atoms in total. The van der Waals surface area contributed by atoms with E-state index in [4.69, 9.17) is 0 Å². The molecule has 1 aliphatic carbocycles. The molecule has 0 saturated heterocycles. The fraction of sp³-hybridized carbons (Fsp3) is 0.615. The summed E-state index contributed by atoms with van der Waals surface area (Å²) in [4.78, 5) is 8.24. The lowest BCUT2D eigenvalue weighted by Crippen LogP contribution is -2.42. The number of nitrogens with zero attached hydrogens (tertiary/aromatic N) is 3. The zero-order valence-corrected chi connectivity index (χ0v) is 11.4. The fourth-order valence-corrected chi connectivity index (χ4v) is 2.57. The van der Waals surface area contributed by atoms with Gasteiger partial charge >= 0.3 is 0 Å². The zero-order valence-electron chi connectivity index (χ0n) is 10.6. The Balaban J connectivity index is 1.69. The van der Waals surface area contributed by atoms with Gasteiger partial charge in [-0.15, -0.1) is 11.8 Å². The van der Waals surface area contributed by atoms with Crippen molar-refractivity contribution >= 4 is 11.8 Å². The maximum Gasteiger partial charge on any atom is 0.114 e. The third-order valence-corrected chi connectivity index (χ3v) is 3.96. The second-order valence-corrected chi connectivity index (χ2v) is 5.97. The standard InChI is InChI=1S/C13H18N4S/c1-13(10-14,17-11-3-4-11)5-2-8-18-12-9-15-6-7-16-12/h6-7,9,11,17H,2-5,8H2,1H3. The first-order valence-corrected chi connectivity index (χ1v) is 7.28. The highest BCUT2D eigenvalue weighted by Gasteiger charge is 2.31. The molecule has 1 unspecified atom stereocenters. The quantitative estimate of drug-likeness (QED) is 0.604. The van der Waals surface area contributed by atoms with Crippen LogP contribution in [0, 0.1) is 11.3 Å². The molecule has 1 aromatic rings. The van der Waals surface area contributed by atoms with Crippen LogP contribution in [0.2, 0.25) is 0 Å². The number of hydrogen-bond donors (Lipinski definition) is 1. The molecule has 1 saturated carbocycles. The van der Waals surface area contributed by atoms with Gasteiger partial charge in [-0.3, -0.25) is 10.3 Å². The SMILES string of the molecule is CC(C#N)(CCCSc1cnccn1)NC1CC1. The van der Waals surface area contributed by atoms with Crippen LogP contribution in [-0.2, 0) is 0 Å². The minimum atomic E-state index is -0.371. The first kappa shape index (κ1) is 13.3. The summed E-state index contributed by atoms with van der Waals surface area (Å²) < 4.78 is 0. The predicted octanol–water partition coefficient (Wildman–Crippen LogP) is 2.38. The van der Waals surface area contributed by atoms with Crippen molar-refractivity contribution in [1.82, 2.24) is 15.3 Å². The van der Waals surface area contributed by atoms with Gasteiger partial charge in [0.25, 0.3) is 0 Å². The topological polar surface area (TPSA) is 61.6 Å². The average Bonchev–Trinajstić information content (AvgIpc) is 3.20. The van der Waals surface area contributed by atoms with Crippen LogP contribution in [0.4, 0.5) is 0 Å². The Morgan fingerprint density at radius 2 is 2.39 bits per heavy atom. The smallest absolute Gasteiger partial charge is 0.114 e. The lowest BCUT2D eigenvalue weighted by molar-refractivity contribution is 0.412. The molecule has 0 spiro atoms. The van der Waals surface area contributed by atoms with E-state index in [1.807, 2.05) is 6.92 Å². The second-order valence-electron chi connectivity index (χ2n) is 4.86. The summed E-state index contributed by atoms with van der Waals surface area (Å²) in [6, 6.07) is 2.97. The largest absolute Gasteiger partial charge is 0.297 e. The van der Waals surface area contributed by atoms with Crippen LogP contribution >= 0.6 is 11.8 Å². The van der Waals surface area contributed by atoms with E-state index in [9.17, 15) is 5.26 Å². The number of hydrogen-bond acceptors (Lipinski definition) is 5. The van der Waals surface area contributed by atoms with E-state index in [0.29, 0.717) is 6.04 Å². The Bertz CT molecular complexity index is 413. The third kappa shape index (κ3) is 4.28. The van der Waals surface area contributed by atoms with E-state index in [-0.39, 0.29) is 5.54 Å². The van der Waals surface area contributed by atoms with Gasteiger partial charge in [-0.25, -0.2) is 4.98 Å². The predicted molar refractivity (Wildman–Crippen MR) is 72.2 cm³/mol. The molecule has 1 atom stereocenters. The summed E-state index contributed by atoms with van der Waals surface area (Å²) in [7, 11) is 0. The van der Waals surface area contributed by atoms with Gasteiger partial charge in [0.05, 0.1) is 12.3 Å². The number of thioether (sulfide) groups is 1. The maximum atomic E-state index is 9.24. The molecular weight excluding hydrogens is 244 g/mol. The first-order valence-electron chi connectivity index (χ1n) is 6.30. The van der Waals surface area contributed by atoms with Crippen LogP contribution in [-0.4, -0.2) is 27.3 Å². The number of nitriles is 1. The summed E-state index contributed by atoms with van der Waals surface area (Å²) in [5.74, 6) is 0.975. The number of aromatic nitrogens is 2. The molecule has 0 aromatic carbocycles. The summed E-state index contributed by atoms with van der Waals surface area (Å²) in [6.07, 6.45) is 9.47. The van der Waals surface area contributed by atoms with Crippen LogP contribution in [0.25, 0.3) is 0 Å². The van der Waals surface area contributed by atoms with Gasteiger partial charge in [0, 0.05) is 18.4 Å². The van der Waals surface area contributed by atoms with E-state index in [1.54, 1.807) is 30.4 Å². The van der Waals surface area contributed by atoms with E-state index in [2.05, 4.69) is 21.4 Å². The number of nitrogens with one attached hydrogen (secondary N) is 1. The van der Waals surface area contributed by atoms with Crippen molar-refractivity contribution in [3.63, 3.8) is 0 Å². The zero-order chi connectivity index (χ0) is 12.8. The monoisotopic (exact) mass is 262 g/mol. The van der Waals surface area contributed by atoms with Crippen molar-refractivity contribution in [3.05, 3.63) is 18.6 Å². The Morgan fingerprint density at radius 3 is 3.00 bits per heavy atom. The Hall–Kier alpha value is -1.12. The van der Waals surface area contributed by atoms with E-state index in [1.165, 1.54) is 12.8 Å². The summed E-state index contributed by atoms with van der Waals surface area (Å²) >= 11 is 1.70. The number of rotatable bonds is 7. The molecule has 0 bridgehead atoms. The molecular formula is C13H18N4S. The Morgan fingerprint density at radius 1 is 1.56 bits per heavy atom. The minimum absolute atomic E-state index is 0.371. The summed E-state index contributed by atoms with van der Waals surface area (Å²) in [5, 5.41) is 13.6. The van der Waals surface area contributed by atoms with Crippen molar-refractivity contribution in [3.8, 4) is 6.07 Å². The molecule has 1 aliphatic rings.